The minimum atomic E-state index is -0.463. The Morgan fingerprint density at radius 2 is 1.93 bits per heavy atom. The second kappa shape index (κ2) is 8.72. The molecule has 30 heavy (non-hydrogen) atoms. The van der Waals surface area contributed by atoms with Gasteiger partial charge in [0.25, 0.3) is 5.91 Å². The quantitative estimate of drug-likeness (QED) is 0.620. The van der Waals surface area contributed by atoms with Crippen molar-refractivity contribution in [2.45, 2.75) is 0 Å². The van der Waals surface area contributed by atoms with Gasteiger partial charge in [-0.25, -0.2) is 14.1 Å². The summed E-state index contributed by atoms with van der Waals surface area (Å²) in [5.41, 5.74) is 0.582. The number of thiophene rings is 1. The number of aromatic nitrogens is 3. The molecule has 2 amide bonds. The highest BCUT2D eigenvalue weighted by atomic mass is 32.1. The molecule has 1 aliphatic rings. The van der Waals surface area contributed by atoms with Crippen molar-refractivity contribution in [3.63, 3.8) is 0 Å². The summed E-state index contributed by atoms with van der Waals surface area (Å²) in [5, 5.41) is 6.26. The van der Waals surface area contributed by atoms with Gasteiger partial charge in [-0.2, -0.15) is 0 Å². The number of morpholine rings is 1. The maximum Gasteiger partial charge on any atom is 0.293 e. The van der Waals surface area contributed by atoms with Gasteiger partial charge in [0.05, 0.1) is 30.3 Å². The molecule has 3 heterocycles. The van der Waals surface area contributed by atoms with Gasteiger partial charge < -0.3 is 14.5 Å². The number of carbonyl (C=O) groups is 2. The van der Waals surface area contributed by atoms with Crippen LogP contribution >= 0.6 is 11.3 Å². The van der Waals surface area contributed by atoms with E-state index < -0.39 is 5.91 Å². The number of halogens is 1. The molecule has 0 spiro atoms. The first-order valence-electron chi connectivity index (χ1n) is 9.41. The fourth-order valence-electron chi connectivity index (χ4n) is 3.09. The minimum absolute atomic E-state index is 0.0278. The molecule has 0 N–H and O–H groups in total. The van der Waals surface area contributed by atoms with E-state index in [9.17, 15) is 14.0 Å². The molecule has 10 heteroatoms. The van der Waals surface area contributed by atoms with Crippen LogP contribution in [-0.4, -0.2) is 76.3 Å². The molecule has 0 saturated carbocycles. The van der Waals surface area contributed by atoms with E-state index in [4.69, 9.17) is 4.74 Å². The van der Waals surface area contributed by atoms with Crippen LogP contribution in [0.5, 0.6) is 0 Å². The van der Waals surface area contributed by atoms with Crippen LogP contribution in [0.25, 0.3) is 16.4 Å². The summed E-state index contributed by atoms with van der Waals surface area (Å²) in [5.74, 6) is -0.525. The van der Waals surface area contributed by atoms with E-state index in [1.807, 2.05) is 17.5 Å². The van der Waals surface area contributed by atoms with E-state index in [1.165, 1.54) is 33.1 Å². The predicted octanol–water partition coefficient (Wildman–Crippen LogP) is 2.07. The third-order valence-electron chi connectivity index (χ3n) is 4.69. The van der Waals surface area contributed by atoms with Gasteiger partial charge in [0.1, 0.15) is 5.82 Å². The third-order valence-corrected chi connectivity index (χ3v) is 5.56. The molecule has 4 rings (SSSR count). The summed E-state index contributed by atoms with van der Waals surface area (Å²) in [4.78, 5) is 33.6. The lowest BCUT2D eigenvalue weighted by Crippen LogP contribution is -2.46. The molecule has 0 radical (unpaired) electrons. The number of likely N-dealkylation sites (N-methyl/N-ethyl adjacent to an activating group) is 1. The highest BCUT2D eigenvalue weighted by Gasteiger charge is 2.25. The van der Waals surface area contributed by atoms with Gasteiger partial charge in [0.2, 0.25) is 11.7 Å². The Balaban J connectivity index is 1.58. The first-order valence-corrected chi connectivity index (χ1v) is 10.3. The van der Waals surface area contributed by atoms with Crippen LogP contribution in [0.15, 0.2) is 41.8 Å². The summed E-state index contributed by atoms with van der Waals surface area (Å²) in [6, 6.07) is 9.53. The number of rotatable bonds is 5. The first-order chi connectivity index (χ1) is 14.5. The smallest absolute Gasteiger partial charge is 0.293 e. The van der Waals surface area contributed by atoms with E-state index in [-0.39, 0.29) is 24.1 Å². The van der Waals surface area contributed by atoms with E-state index in [2.05, 4.69) is 10.1 Å². The lowest BCUT2D eigenvalue weighted by molar-refractivity contribution is -0.135. The molecular formula is C20H20FN5O3S. The molecule has 156 valence electrons. The number of nitrogens with zero attached hydrogens (tertiary/aromatic N) is 5. The van der Waals surface area contributed by atoms with Crippen LogP contribution in [0.1, 0.15) is 10.6 Å². The number of carbonyl (C=O) groups excluding carboxylic acids is 2. The van der Waals surface area contributed by atoms with Crippen LogP contribution < -0.4 is 0 Å². The topological polar surface area (TPSA) is 80.6 Å². The van der Waals surface area contributed by atoms with E-state index in [0.717, 1.165) is 4.88 Å². The maximum atomic E-state index is 13.3. The normalized spacial score (nSPS) is 14.0. The average molecular weight is 429 g/mol. The van der Waals surface area contributed by atoms with Gasteiger partial charge in [0.15, 0.2) is 5.82 Å². The number of amides is 2. The molecule has 0 aliphatic carbocycles. The van der Waals surface area contributed by atoms with E-state index >= 15 is 0 Å². The lowest BCUT2D eigenvalue weighted by Gasteiger charge is -2.28. The molecule has 1 fully saturated rings. The summed E-state index contributed by atoms with van der Waals surface area (Å²) >= 11 is 1.46. The third kappa shape index (κ3) is 4.24. The van der Waals surface area contributed by atoms with Gasteiger partial charge in [-0.05, 0) is 35.7 Å². The maximum absolute atomic E-state index is 13.3. The monoisotopic (exact) mass is 429 g/mol. The molecule has 8 nitrogen and oxygen atoms in total. The molecule has 0 bridgehead atoms. The minimum Gasteiger partial charge on any atom is -0.378 e. The lowest BCUT2D eigenvalue weighted by atomic mass is 10.3. The Kier molecular flexibility index (Phi) is 5.86. The van der Waals surface area contributed by atoms with Gasteiger partial charge >= 0.3 is 0 Å². The van der Waals surface area contributed by atoms with Crippen molar-refractivity contribution in [2.75, 3.05) is 39.9 Å². The van der Waals surface area contributed by atoms with Gasteiger partial charge in [-0.15, -0.1) is 16.4 Å². The number of ether oxygens (including phenoxy) is 1. The molecule has 2 aromatic heterocycles. The largest absolute Gasteiger partial charge is 0.378 e. The molecule has 1 saturated heterocycles. The zero-order valence-corrected chi connectivity index (χ0v) is 17.1. The van der Waals surface area contributed by atoms with Crippen molar-refractivity contribution in [1.82, 2.24) is 24.6 Å². The molecule has 1 aliphatic heterocycles. The average Bonchev–Trinajstić information content (AvgIpc) is 3.44. The van der Waals surface area contributed by atoms with Gasteiger partial charge in [-0.1, -0.05) is 6.07 Å². The Morgan fingerprint density at radius 1 is 1.20 bits per heavy atom. The Morgan fingerprint density at radius 3 is 2.60 bits per heavy atom. The van der Waals surface area contributed by atoms with Crippen LogP contribution in [0, 0.1) is 5.82 Å². The Labute approximate surface area is 176 Å². The van der Waals surface area contributed by atoms with E-state index in [1.54, 1.807) is 24.1 Å². The van der Waals surface area contributed by atoms with Gasteiger partial charge in [0, 0.05) is 20.1 Å². The van der Waals surface area contributed by atoms with E-state index in [0.29, 0.717) is 37.8 Å². The molecule has 0 unspecified atom stereocenters. The number of benzene rings is 1. The standard InChI is InChI=1S/C20H20FN5O3S/c1-24(13-17(27)25-8-10-29-11-9-25)20(28)18-22-19(16-3-2-12-30-16)26(23-18)15-6-4-14(21)5-7-15/h2-7,12H,8-11,13H2,1H3. The summed E-state index contributed by atoms with van der Waals surface area (Å²) in [6.07, 6.45) is 0. The fourth-order valence-corrected chi connectivity index (χ4v) is 3.79. The second-order valence-electron chi connectivity index (χ2n) is 6.78. The SMILES string of the molecule is CN(CC(=O)N1CCOCC1)C(=O)c1nc(-c2cccs2)n(-c2ccc(F)cc2)n1. The zero-order valence-electron chi connectivity index (χ0n) is 16.3. The molecule has 1 aromatic carbocycles. The second-order valence-corrected chi connectivity index (χ2v) is 7.73. The summed E-state index contributed by atoms with van der Waals surface area (Å²) in [6.45, 7) is 1.95. The number of hydrogen-bond donors (Lipinski definition) is 0. The van der Waals surface area contributed by atoms with Gasteiger partial charge in [-0.3, -0.25) is 9.59 Å². The first kappa shape index (κ1) is 20.2. The van der Waals surface area contributed by atoms with Crippen LogP contribution in [0.3, 0.4) is 0 Å². The van der Waals surface area contributed by atoms with Crippen molar-refractivity contribution >= 4 is 23.2 Å². The van der Waals surface area contributed by atoms with Crippen molar-refractivity contribution < 1.29 is 18.7 Å². The Bertz CT molecular complexity index is 1030. The molecular weight excluding hydrogens is 409 g/mol. The fraction of sp³-hybridized carbons (Fsp3) is 0.300. The van der Waals surface area contributed by atoms with Crippen LogP contribution in [0.4, 0.5) is 4.39 Å². The predicted molar refractivity (Wildman–Crippen MR) is 109 cm³/mol. The van der Waals surface area contributed by atoms with Crippen molar-refractivity contribution in [2.24, 2.45) is 0 Å². The molecule has 0 atom stereocenters. The Hall–Kier alpha value is -3.11. The zero-order chi connectivity index (χ0) is 21.1. The highest BCUT2D eigenvalue weighted by molar-refractivity contribution is 7.13. The van der Waals surface area contributed by atoms with Crippen LogP contribution in [-0.2, 0) is 9.53 Å². The summed E-state index contributed by atoms with van der Waals surface area (Å²) < 4.78 is 20.1. The highest BCUT2D eigenvalue weighted by Crippen LogP contribution is 2.26. The number of hydrogen-bond acceptors (Lipinski definition) is 6. The van der Waals surface area contributed by atoms with Crippen molar-refractivity contribution in [3.8, 4) is 16.4 Å². The molecule has 3 aromatic rings. The van der Waals surface area contributed by atoms with Crippen molar-refractivity contribution in [3.05, 3.63) is 53.4 Å². The van der Waals surface area contributed by atoms with Crippen molar-refractivity contribution in [1.29, 1.82) is 0 Å². The summed E-state index contributed by atoms with van der Waals surface area (Å²) in [7, 11) is 1.55. The van der Waals surface area contributed by atoms with Crippen LogP contribution in [0.2, 0.25) is 0 Å².